The Morgan fingerprint density at radius 2 is 1.59 bits per heavy atom. The Kier molecular flexibility index (Phi) is 13.7. The summed E-state index contributed by atoms with van der Waals surface area (Å²) in [6.07, 6.45) is 10.1. The van der Waals surface area contributed by atoms with E-state index in [4.69, 9.17) is 20.6 Å². The lowest BCUT2D eigenvalue weighted by Crippen LogP contribution is -2.50. The zero-order valence-corrected chi connectivity index (χ0v) is 26.5. The summed E-state index contributed by atoms with van der Waals surface area (Å²) in [7, 11) is 0. The summed E-state index contributed by atoms with van der Waals surface area (Å²) in [4.78, 5) is 52.6. The minimum absolute atomic E-state index is 0.0900. The number of nitrogens with one attached hydrogen (secondary N) is 2. The Bertz CT molecular complexity index is 1400. The van der Waals surface area contributed by atoms with Crippen LogP contribution in [-0.4, -0.2) is 75.6 Å². The lowest BCUT2D eigenvalue weighted by molar-refractivity contribution is -0.128. The first-order chi connectivity index (χ1) is 22.4. The van der Waals surface area contributed by atoms with Crippen molar-refractivity contribution in [3.05, 3.63) is 82.9 Å². The summed E-state index contributed by atoms with van der Waals surface area (Å²) in [5, 5.41) is 5.85. The summed E-state index contributed by atoms with van der Waals surface area (Å²) in [6.45, 7) is 4.39. The molecular formula is C37H44N2O7. The van der Waals surface area contributed by atoms with Crippen LogP contribution in [0.15, 0.2) is 66.2 Å². The maximum atomic E-state index is 13.7. The van der Waals surface area contributed by atoms with E-state index < -0.39 is 6.04 Å². The van der Waals surface area contributed by atoms with Crippen LogP contribution in [0.2, 0.25) is 0 Å². The van der Waals surface area contributed by atoms with Gasteiger partial charge in [-0.25, -0.2) is 0 Å². The van der Waals surface area contributed by atoms with Gasteiger partial charge in [0.2, 0.25) is 11.8 Å². The number of benzene rings is 2. The summed E-state index contributed by atoms with van der Waals surface area (Å²) in [5.74, 6) is 1.79. The topological polar surface area (TPSA) is 120 Å². The summed E-state index contributed by atoms with van der Waals surface area (Å²) < 4.78 is 16.1. The molecule has 2 N–H and O–H groups in total. The molecule has 2 aromatic carbocycles. The zero-order chi connectivity index (χ0) is 32.7. The van der Waals surface area contributed by atoms with Gasteiger partial charge in [-0.15, -0.1) is 6.42 Å². The second kappa shape index (κ2) is 18.1. The van der Waals surface area contributed by atoms with Crippen LogP contribution in [0.1, 0.15) is 54.1 Å². The van der Waals surface area contributed by atoms with Gasteiger partial charge < -0.3 is 24.8 Å². The molecule has 2 aromatic rings. The van der Waals surface area contributed by atoms with E-state index in [1.165, 1.54) is 0 Å². The van der Waals surface area contributed by atoms with E-state index in [1.807, 2.05) is 36.4 Å². The van der Waals surface area contributed by atoms with Crippen LogP contribution >= 0.6 is 0 Å². The van der Waals surface area contributed by atoms with Gasteiger partial charge >= 0.3 is 0 Å². The number of ether oxygens (including phenoxy) is 3. The molecule has 0 spiro atoms. The highest BCUT2D eigenvalue weighted by molar-refractivity contribution is 6.09. The SMILES string of the molecule is C#CCOCCOCCOCCNC(=O)[C@H](Cc1ccc(C(=O)c2ccccc2)cc1)NC(=O)C1=C[C@H](CC)C[C@@H]2C(=O)CC[C@H]12. The minimum Gasteiger partial charge on any atom is -0.377 e. The highest BCUT2D eigenvalue weighted by Crippen LogP contribution is 2.43. The van der Waals surface area contributed by atoms with Crippen LogP contribution in [0, 0.1) is 30.1 Å². The Morgan fingerprint density at radius 3 is 2.28 bits per heavy atom. The first-order valence-corrected chi connectivity index (χ1v) is 16.1. The molecule has 2 aliphatic carbocycles. The summed E-state index contributed by atoms with van der Waals surface area (Å²) in [6, 6.07) is 15.3. The van der Waals surface area contributed by atoms with Crippen molar-refractivity contribution >= 4 is 23.4 Å². The molecule has 1 saturated carbocycles. The number of ketones is 2. The van der Waals surface area contributed by atoms with Gasteiger partial charge in [-0.3, -0.25) is 19.2 Å². The van der Waals surface area contributed by atoms with E-state index >= 15 is 0 Å². The molecule has 0 bridgehead atoms. The number of amides is 2. The van der Waals surface area contributed by atoms with Crippen molar-refractivity contribution in [3.63, 3.8) is 0 Å². The standard InChI is InChI=1S/C37H44N2O7/c1-3-17-44-19-21-46-22-20-45-18-16-38-37(43)33(25-27-10-12-29(13-11-27)35(41)28-8-6-5-7-9-28)39-36(42)32-24-26(4-2)23-31-30(32)14-15-34(31)40/h1,5-13,24,26,30-31,33H,4,14-23,25H2,2H3,(H,38,43)(H,39,42)/t26-,30+,31+,33+/m1/s1. The number of hydrogen-bond donors (Lipinski definition) is 2. The van der Waals surface area contributed by atoms with Crippen LogP contribution in [0.4, 0.5) is 0 Å². The van der Waals surface area contributed by atoms with Crippen LogP contribution < -0.4 is 10.6 Å². The number of carbonyl (C=O) groups excluding carboxylic acids is 4. The second-order valence-electron chi connectivity index (χ2n) is 11.6. The van der Waals surface area contributed by atoms with Crippen molar-refractivity contribution < 1.29 is 33.4 Å². The molecule has 4 rings (SSSR count). The third-order valence-corrected chi connectivity index (χ3v) is 8.55. The first kappa shape index (κ1) is 34.8. The van der Waals surface area contributed by atoms with Crippen molar-refractivity contribution in [1.29, 1.82) is 0 Å². The van der Waals surface area contributed by atoms with E-state index in [1.54, 1.807) is 24.3 Å². The second-order valence-corrected chi connectivity index (χ2v) is 11.6. The van der Waals surface area contributed by atoms with Crippen LogP contribution in [0.25, 0.3) is 0 Å². The van der Waals surface area contributed by atoms with E-state index in [2.05, 4.69) is 23.5 Å². The molecule has 2 aliphatic rings. The highest BCUT2D eigenvalue weighted by atomic mass is 16.5. The smallest absolute Gasteiger partial charge is 0.247 e. The molecule has 0 unspecified atom stereocenters. The lowest BCUT2D eigenvalue weighted by Gasteiger charge is -2.30. The van der Waals surface area contributed by atoms with Gasteiger partial charge in [-0.2, -0.15) is 0 Å². The number of Topliss-reactive ketones (excluding diaryl/α,β-unsaturated/α-hetero) is 1. The highest BCUT2D eigenvalue weighted by Gasteiger charge is 2.43. The number of fused-ring (bicyclic) bond motifs is 1. The molecule has 0 saturated heterocycles. The fourth-order valence-electron chi connectivity index (χ4n) is 6.05. The van der Waals surface area contributed by atoms with Gasteiger partial charge in [0.25, 0.3) is 0 Å². The van der Waals surface area contributed by atoms with Gasteiger partial charge in [0.05, 0.1) is 33.0 Å². The Labute approximate surface area is 271 Å². The summed E-state index contributed by atoms with van der Waals surface area (Å²) >= 11 is 0. The predicted octanol–water partition coefficient (Wildman–Crippen LogP) is 3.70. The quantitative estimate of drug-likeness (QED) is 0.147. The Balaban J connectivity index is 1.37. The van der Waals surface area contributed by atoms with Crippen LogP contribution in [-0.2, 0) is 35.0 Å². The monoisotopic (exact) mass is 628 g/mol. The molecule has 0 radical (unpaired) electrons. The average Bonchev–Trinajstić information content (AvgIpc) is 3.46. The van der Waals surface area contributed by atoms with Crippen LogP contribution in [0.3, 0.4) is 0 Å². The van der Waals surface area contributed by atoms with Gasteiger partial charge in [-0.1, -0.05) is 73.5 Å². The molecule has 4 atom stereocenters. The Hall–Kier alpha value is -4.10. The van der Waals surface area contributed by atoms with Gasteiger partial charge in [0, 0.05) is 42.0 Å². The molecule has 1 fully saturated rings. The van der Waals surface area contributed by atoms with Crippen molar-refractivity contribution in [2.45, 2.75) is 45.1 Å². The zero-order valence-electron chi connectivity index (χ0n) is 26.5. The number of carbonyl (C=O) groups is 4. The molecule has 2 amide bonds. The van der Waals surface area contributed by atoms with Crippen molar-refractivity contribution in [3.8, 4) is 12.3 Å². The fourth-order valence-corrected chi connectivity index (χ4v) is 6.05. The molecule has 0 heterocycles. The lowest BCUT2D eigenvalue weighted by atomic mass is 9.74. The maximum absolute atomic E-state index is 13.7. The molecule has 46 heavy (non-hydrogen) atoms. The van der Waals surface area contributed by atoms with E-state index in [-0.39, 0.29) is 67.3 Å². The molecule has 9 heteroatoms. The predicted molar refractivity (Wildman–Crippen MR) is 174 cm³/mol. The summed E-state index contributed by atoms with van der Waals surface area (Å²) in [5.41, 5.74) is 2.54. The molecular weight excluding hydrogens is 584 g/mol. The molecule has 9 nitrogen and oxygen atoms in total. The average molecular weight is 629 g/mol. The van der Waals surface area contributed by atoms with Crippen molar-refractivity contribution in [1.82, 2.24) is 10.6 Å². The Morgan fingerprint density at radius 1 is 0.913 bits per heavy atom. The van der Waals surface area contributed by atoms with Crippen molar-refractivity contribution in [2.24, 2.45) is 17.8 Å². The van der Waals surface area contributed by atoms with Gasteiger partial charge in [0.15, 0.2) is 5.78 Å². The number of terminal acetylenes is 1. The maximum Gasteiger partial charge on any atom is 0.247 e. The third-order valence-electron chi connectivity index (χ3n) is 8.55. The normalized spacial score (nSPS) is 19.4. The molecule has 244 valence electrons. The molecule has 0 aliphatic heterocycles. The minimum atomic E-state index is -0.868. The van der Waals surface area contributed by atoms with Crippen LogP contribution in [0.5, 0.6) is 0 Å². The van der Waals surface area contributed by atoms with E-state index in [9.17, 15) is 19.2 Å². The number of rotatable bonds is 18. The van der Waals surface area contributed by atoms with Crippen molar-refractivity contribution in [2.75, 3.05) is 46.2 Å². The number of hydrogen-bond acceptors (Lipinski definition) is 7. The van der Waals surface area contributed by atoms with Gasteiger partial charge in [0.1, 0.15) is 18.4 Å². The first-order valence-electron chi connectivity index (χ1n) is 16.1. The third kappa shape index (κ3) is 9.95. The van der Waals surface area contributed by atoms with E-state index in [0.717, 1.165) is 18.4 Å². The molecule has 0 aromatic heterocycles. The fraction of sp³-hybridized carbons (Fsp3) is 0.459. The number of allylic oxidation sites excluding steroid dienone is 1. The largest absolute Gasteiger partial charge is 0.377 e. The van der Waals surface area contributed by atoms with Gasteiger partial charge in [-0.05, 0) is 36.7 Å². The van der Waals surface area contributed by atoms with E-state index in [0.29, 0.717) is 56.0 Å².